The Morgan fingerprint density at radius 1 is 1.10 bits per heavy atom. The summed E-state index contributed by atoms with van der Waals surface area (Å²) in [7, 11) is 0. The van der Waals surface area contributed by atoms with Gasteiger partial charge in [-0.3, -0.25) is 0 Å². The van der Waals surface area contributed by atoms with E-state index in [2.05, 4.69) is 29.8 Å². The Hall–Kier alpha value is 0.440. The summed E-state index contributed by atoms with van der Waals surface area (Å²) in [6.07, 6.45) is 14.2. The Morgan fingerprint density at radius 2 is 1.85 bits per heavy atom. The van der Waals surface area contributed by atoms with Crippen molar-refractivity contribution in [3.8, 4) is 0 Å². The molecule has 2 saturated carbocycles. The van der Waals surface area contributed by atoms with E-state index in [-0.39, 0.29) is 0 Å². The third-order valence-corrected chi connectivity index (χ3v) is 7.50. The maximum atomic E-state index is 6.54. The lowest BCUT2D eigenvalue weighted by atomic mass is 9.74. The van der Waals surface area contributed by atoms with Gasteiger partial charge in [0.15, 0.2) is 0 Å². The van der Waals surface area contributed by atoms with Crippen molar-refractivity contribution in [2.24, 2.45) is 17.8 Å². The fourth-order valence-corrected chi connectivity index (χ4v) is 5.60. The van der Waals surface area contributed by atoms with Crippen molar-refractivity contribution in [2.75, 3.05) is 0 Å². The van der Waals surface area contributed by atoms with Gasteiger partial charge >= 0.3 is 0 Å². The number of hydrogen-bond donors (Lipinski definition) is 0. The summed E-state index contributed by atoms with van der Waals surface area (Å²) in [6, 6.07) is 0. The van der Waals surface area contributed by atoms with Crippen LogP contribution in [-0.2, 0) is 4.74 Å². The van der Waals surface area contributed by atoms with Crippen molar-refractivity contribution < 1.29 is 4.74 Å². The molecule has 4 atom stereocenters. The Labute approximate surface area is 133 Å². The predicted octanol–water partition coefficient (Wildman–Crippen LogP) is 5.70. The van der Waals surface area contributed by atoms with E-state index in [1.165, 1.54) is 64.2 Å². The van der Waals surface area contributed by atoms with Crippen molar-refractivity contribution in [3.63, 3.8) is 0 Å². The molecule has 0 radical (unpaired) electrons. The minimum Gasteiger partial charge on any atom is -0.372 e. The van der Waals surface area contributed by atoms with Gasteiger partial charge in [-0.05, 0) is 69.1 Å². The average Bonchev–Trinajstić information content (AvgIpc) is 3.03. The minimum atomic E-state index is 0.318. The molecule has 2 heteroatoms. The molecule has 0 aromatic carbocycles. The Bertz CT molecular complexity index is 321. The predicted molar refractivity (Wildman–Crippen MR) is 88.3 cm³/mol. The standard InChI is InChI=1S/C18H31BrO/c1-13(2)14-5-6-17(19)15(11-14)12-16-7-10-18(20-16)8-3-4-9-18/h13-17H,3-12H2,1-2H3. The van der Waals surface area contributed by atoms with Gasteiger partial charge in [0.1, 0.15) is 0 Å². The highest BCUT2D eigenvalue weighted by molar-refractivity contribution is 9.09. The van der Waals surface area contributed by atoms with Gasteiger partial charge in [0.25, 0.3) is 0 Å². The summed E-state index contributed by atoms with van der Waals surface area (Å²) in [5.41, 5.74) is 0.318. The monoisotopic (exact) mass is 342 g/mol. The molecule has 3 fully saturated rings. The first-order valence-electron chi connectivity index (χ1n) is 8.90. The van der Waals surface area contributed by atoms with Crippen LogP contribution >= 0.6 is 15.9 Å². The Morgan fingerprint density at radius 3 is 2.55 bits per heavy atom. The van der Waals surface area contributed by atoms with E-state index in [1.807, 2.05) is 0 Å². The first-order valence-corrected chi connectivity index (χ1v) is 9.81. The second kappa shape index (κ2) is 6.28. The third-order valence-electron chi connectivity index (χ3n) is 6.29. The van der Waals surface area contributed by atoms with E-state index in [4.69, 9.17) is 4.74 Å². The summed E-state index contributed by atoms with van der Waals surface area (Å²) in [4.78, 5) is 0.737. The molecule has 1 spiro atoms. The lowest BCUT2D eigenvalue weighted by Crippen LogP contribution is -2.31. The van der Waals surface area contributed by atoms with Crippen molar-refractivity contribution in [2.45, 2.75) is 94.6 Å². The van der Waals surface area contributed by atoms with E-state index in [0.29, 0.717) is 11.7 Å². The minimum absolute atomic E-state index is 0.318. The number of rotatable bonds is 3. The number of alkyl halides is 1. The van der Waals surface area contributed by atoms with Crippen LogP contribution in [0.5, 0.6) is 0 Å². The summed E-state index contributed by atoms with van der Waals surface area (Å²) >= 11 is 3.96. The van der Waals surface area contributed by atoms with E-state index < -0.39 is 0 Å². The molecule has 2 aliphatic carbocycles. The fourth-order valence-electron chi connectivity index (χ4n) is 4.90. The van der Waals surface area contributed by atoms with Crippen LogP contribution in [-0.4, -0.2) is 16.5 Å². The molecule has 1 aliphatic heterocycles. The zero-order valence-corrected chi connectivity index (χ0v) is 14.8. The van der Waals surface area contributed by atoms with Gasteiger partial charge in [0, 0.05) is 4.83 Å². The van der Waals surface area contributed by atoms with Gasteiger partial charge in [-0.25, -0.2) is 0 Å². The van der Waals surface area contributed by atoms with Crippen molar-refractivity contribution in [1.29, 1.82) is 0 Å². The summed E-state index contributed by atoms with van der Waals surface area (Å²) < 4.78 is 6.54. The Kier molecular flexibility index (Phi) is 4.82. The molecule has 0 N–H and O–H groups in total. The van der Waals surface area contributed by atoms with E-state index >= 15 is 0 Å². The second-order valence-electron chi connectivity index (χ2n) is 8.00. The van der Waals surface area contributed by atoms with Crippen LogP contribution < -0.4 is 0 Å². The number of ether oxygens (including phenoxy) is 1. The van der Waals surface area contributed by atoms with Crippen LogP contribution in [0, 0.1) is 17.8 Å². The van der Waals surface area contributed by atoms with E-state index in [1.54, 1.807) is 0 Å². The Balaban J connectivity index is 1.54. The highest BCUT2D eigenvalue weighted by atomic mass is 79.9. The van der Waals surface area contributed by atoms with Gasteiger partial charge in [0.05, 0.1) is 11.7 Å². The molecule has 116 valence electrons. The quantitative estimate of drug-likeness (QED) is 0.597. The van der Waals surface area contributed by atoms with Gasteiger partial charge in [-0.2, -0.15) is 0 Å². The van der Waals surface area contributed by atoms with Crippen molar-refractivity contribution >= 4 is 15.9 Å². The largest absolute Gasteiger partial charge is 0.372 e. The molecule has 20 heavy (non-hydrogen) atoms. The molecule has 0 aromatic heterocycles. The smallest absolute Gasteiger partial charge is 0.0687 e. The molecule has 3 rings (SSSR count). The lowest BCUT2D eigenvalue weighted by molar-refractivity contribution is -0.0467. The second-order valence-corrected chi connectivity index (χ2v) is 9.17. The molecular formula is C18H31BrO. The van der Waals surface area contributed by atoms with Gasteiger partial charge < -0.3 is 4.74 Å². The normalized spacial score (nSPS) is 40.8. The molecule has 1 nitrogen and oxygen atoms in total. The highest BCUT2D eigenvalue weighted by Crippen LogP contribution is 2.47. The first kappa shape index (κ1) is 15.3. The van der Waals surface area contributed by atoms with Gasteiger partial charge in [0.2, 0.25) is 0 Å². The van der Waals surface area contributed by atoms with E-state index in [9.17, 15) is 0 Å². The maximum Gasteiger partial charge on any atom is 0.0687 e. The van der Waals surface area contributed by atoms with Crippen molar-refractivity contribution in [1.82, 2.24) is 0 Å². The van der Waals surface area contributed by atoms with Gasteiger partial charge in [-0.1, -0.05) is 42.6 Å². The third kappa shape index (κ3) is 3.27. The number of hydrogen-bond acceptors (Lipinski definition) is 1. The van der Waals surface area contributed by atoms with Crippen molar-refractivity contribution in [3.05, 3.63) is 0 Å². The molecule has 3 aliphatic rings. The molecule has 0 bridgehead atoms. The molecule has 4 unspecified atom stereocenters. The average molecular weight is 343 g/mol. The SMILES string of the molecule is CC(C)C1CCC(Br)C(CC2CCC3(CCCC3)O2)C1. The zero-order chi connectivity index (χ0) is 14.2. The van der Waals surface area contributed by atoms with Crippen LogP contribution in [0.2, 0.25) is 0 Å². The van der Waals surface area contributed by atoms with Crippen LogP contribution in [0.25, 0.3) is 0 Å². The molecule has 1 heterocycles. The maximum absolute atomic E-state index is 6.54. The summed E-state index contributed by atoms with van der Waals surface area (Å²) in [5, 5.41) is 0. The van der Waals surface area contributed by atoms with Crippen LogP contribution in [0.3, 0.4) is 0 Å². The fraction of sp³-hybridized carbons (Fsp3) is 1.00. The molecule has 0 aromatic rings. The van der Waals surface area contributed by atoms with Crippen LogP contribution in [0.1, 0.15) is 78.1 Å². The first-order chi connectivity index (χ1) is 9.58. The van der Waals surface area contributed by atoms with E-state index in [0.717, 1.165) is 22.6 Å². The van der Waals surface area contributed by atoms with Gasteiger partial charge in [-0.15, -0.1) is 0 Å². The summed E-state index contributed by atoms with van der Waals surface area (Å²) in [5.74, 6) is 2.64. The molecule has 0 amide bonds. The topological polar surface area (TPSA) is 9.23 Å². The lowest BCUT2D eigenvalue weighted by Gasteiger charge is -2.36. The van der Waals surface area contributed by atoms with Crippen LogP contribution in [0.15, 0.2) is 0 Å². The summed E-state index contributed by atoms with van der Waals surface area (Å²) in [6.45, 7) is 4.80. The highest BCUT2D eigenvalue weighted by Gasteiger charge is 2.43. The zero-order valence-electron chi connectivity index (χ0n) is 13.2. The molecule has 1 saturated heterocycles. The molecular weight excluding hydrogens is 312 g/mol. The van der Waals surface area contributed by atoms with Crippen LogP contribution in [0.4, 0.5) is 0 Å². The number of halogens is 1.